The largest absolute Gasteiger partial charge is 0.329 e. The van der Waals surface area contributed by atoms with Crippen LogP contribution >= 0.6 is 11.8 Å². The summed E-state index contributed by atoms with van der Waals surface area (Å²) in [5, 5.41) is 3.63. The van der Waals surface area contributed by atoms with Gasteiger partial charge in [-0.2, -0.15) is 11.8 Å². The fourth-order valence-electron chi connectivity index (χ4n) is 2.54. The molecule has 1 aliphatic rings. The lowest BCUT2D eigenvalue weighted by Crippen LogP contribution is -2.56. The molecule has 2 rings (SSSR count). The van der Waals surface area contributed by atoms with Gasteiger partial charge in [-0.3, -0.25) is 0 Å². The van der Waals surface area contributed by atoms with Crippen LogP contribution in [0.2, 0.25) is 0 Å². The number of rotatable bonds is 6. The Morgan fingerprint density at radius 3 is 2.53 bits per heavy atom. The Morgan fingerprint density at radius 2 is 2.06 bits per heavy atom. The van der Waals surface area contributed by atoms with Crippen molar-refractivity contribution in [3.63, 3.8) is 0 Å². The number of hydrogen-bond acceptors (Lipinski definition) is 3. The number of hydrogen-bond donors (Lipinski definition) is 2. The molecule has 0 radical (unpaired) electrons. The molecule has 2 nitrogen and oxygen atoms in total. The van der Waals surface area contributed by atoms with Crippen molar-refractivity contribution in [1.82, 2.24) is 5.32 Å². The zero-order valence-corrected chi connectivity index (χ0v) is 11.3. The number of benzene rings is 1. The summed E-state index contributed by atoms with van der Waals surface area (Å²) in [4.78, 5) is 0. The van der Waals surface area contributed by atoms with E-state index in [1.165, 1.54) is 24.8 Å². The minimum atomic E-state index is 0.392. The molecule has 0 saturated heterocycles. The SMILES string of the molecule is CSC1(C(CN)NCc2ccccc2)CCC1. The fraction of sp³-hybridized carbons (Fsp3) is 0.571. The third-order valence-electron chi connectivity index (χ3n) is 3.87. The van der Waals surface area contributed by atoms with Gasteiger partial charge in [0.2, 0.25) is 0 Å². The maximum atomic E-state index is 5.93. The molecule has 0 spiro atoms. The summed E-state index contributed by atoms with van der Waals surface area (Å²) < 4.78 is 0.392. The quantitative estimate of drug-likeness (QED) is 0.814. The minimum absolute atomic E-state index is 0.392. The van der Waals surface area contributed by atoms with Crippen molar-refractivity contribution < 1.29 is 0 Å². The molecule has 1 aromatic rings. The summed E-state index contributed by atoms with van der Waals surface area (Å²) in [6.45, 7) is 1.65. The number of nitrogens with two attached hydrogens (primary N) is 1. The van der Waals surface area contributed by atoms with Crippen LogP contribution in [0.5, 0.6) is 0 Å². The molecule has 0 aromatic heterocycles. The van der Waals surface area contributed by atoms with Crippen LogP contribution in [0.1, 0.15) is 24.8 Å². The molecule has 1 unspecified atom stereocenters. The van der Waals surface area contributed by atoms with Gasteiger partial charge in [-0.25, -0.2) is 0 Å². The van der Waals surface area contributed by atoms with Gasteiger partial charge in [0.1, 0.15) is 0 Å². The Balaban J connectivity index is 1.92. The first-order valence-electron chi connectivity index (χ1n) is 6.33. The number of thioether (sulfide) groups is 1. The van der Waals surface area contributed by atoms with E-state index in [1.807, 2.05) is 11.8 Å². The molecule has 17 heavy (non-hydrogen) atoms. The topological polar surface area (TPSA) is 38.0 Å². The van der Waals surface area contributed by atoms with Crippen LogP contribution in [0.4, 0.5) is 0 Å². The van der Waals surface area contributed by atoms with Gasteiger partial charge in [-0.15, -0.1) is 0 Å². The van der Waals surface area contributed by atoms with Crippen LogP contribution in [-0.2, 0) is 6.54 Å². The average molecular weight is 250 g/mol. The van der Waals surface area contributed by atoms with E-state index in [-0.39, 0.29) is 0 Å². The first-order valence-corrected chi connectivity index (χ1v) is 7.56. The fourth-order valence-corrected chi connectivity index (χ4v) is 3.70. The van der Waals surface area contributed by atoms with Crippen molar-refractivity contribution >= 4 is 11.8 Å². The maximum Gasteiger partial charge on any atom is 0.0340 e. The van der Waals surface area contributed by atoms with Crippen LogP contribution < -0.4 is 11.1 Å². The zero-order chi connectivity index (χ0) is 12.1. The van der Waals surface area contributed by atoms with Crippen LogP contribution in [0.15, 0.2) is 30.3 Å². The van der Waals surface area contributed by atoms with Gasteiger partial charge in [0.05, 0.1) is 0 Å². The summed E-state index contributed by atoms with van der Waals surface area (Å²) in [7, 11) is 0. The van der Waals surface area contributed by atoms with Crippen molar-refractivity contribution in [3.8, 4) is 0 Å². The molecule has 1 saturated carbocycles. The minimum Gasteiger partial charge on any atom is -0.329 e. The van der Waals surface area contributed by atoms with E-state index in [2.05, 4.69) is 41.9 Å². The predicted octanol–water partition coefficient (Wildman–Crippen LogP) is 2.39. The smallest absolute Gasteiger partial charge is 0.0340 e. The van der Waals surface area contributed by atoms with Crippen LogP contribution in [0.25, 0.3) is 0 Å². The van der Waals surface area contributed by atoms with E-state index >= 15 is 0 Å². The van der Waals surface area contributed by atoms with E-state index in [1.54, 1.807) is 0 Å². The van der Waals surface area contributed by atoms with Crippen molar-refractivity contribution in [2.45, 2.75) is 36.6 Å². The Bertz CT molecular complexity index is 330. The van der Waals surface area contributed by atoms with Gasteiger partial charge >= 0.3 is 0 Å². The maximum absolute atomic E-state index is 5.93. The van der Waals surface area contributed by atoms with E-state index in [0.29, 0.717) is 10.8 Å². The highest BCUT2D eigenvalue weighted by atomic mass is 32.2. The first-order chi connectivity index (χ1) is 8.30. The second-order valence-electron chi connectivity index (χ2n) is 4.78. The molecular weight excluding hydrogens is 228 g/mol. The summed E-state index contributed by atoms with van der Waals surface area (Å²) >= 11 is 1.98. The molecule has 0 bridgehead atoms. The van der Waals surface area contributed by atoms with Gasteiger partial charge in [0.15, 0.2) is 0 Å². The van der Waals surface area contributed by atoms with E-state index in [0.717, 1.165) is 13.1 Å². The van der Waals surface area contributed by atoms with Crippen LogP contribution in [0, 0.1) is 0 Å². The van der Waals surface area contributed by atoms with Gasteiger partial charge in [0, 0.05) is 23.9 Å². The zero-order valence-electron chi connectivity index (χ0n) is 10.5. The Labute approximate surface area is 108 Å². The Morgan fingerprint density at radius 1 is 1.35 bits per heavy atom. The first kappa shape index (κ1) is 12.9. The average Bonchev–Trinajstić information content (AvgIpc) is 2.33. The Kier molecular flexibility index (Phi) is 4.48. The molecule has 3 heteroatoms. The van der Waals surface area contributed by atoms with E-state index in [4.69, 9.17) is 5.73 Å². The predicted molar refractivity (Wildman–Crippen MR) is 76.2 cm³/mol. The second kappa shape index (κ2) is 5.89. The molecule has 1 aromatic carbocycles. The third-order valence-corrected chi connectivity index (χ3v) is 5.38. The standard InChI is InChI=1S/C14H22N2S/c1-17-14(8-5-9-14)13(10-15)16-11-12-6-3-2-4-7-12/h2-4,6-7,13,16H,5,8-11,15H2,1H3. The van der Waals surface area contributed by atoms with E-state index < -0.39 is 0 Å². The van der Waals surface area contributed by atoms with Gasteiger partial charge in [0.25, 0.3) is 0 Å². The molecule has 0 heterocycles. The Hall–Kier alpha value is -0.510. The normalized spacial score (nSPS) is 19.6. The van der Waals surface area contributed by atoms with E-state index in [9.17, 15) is 0 Å². The summed E-state index contributed by atoms with van der Waals surface area (Å²) in [5.74, 6) is 0. The van der Waals surface area contributed by atoms with Gasteiger partial charge < -0.3 is 11.1 Å². The van der Waals surface area contributed by atoms with Crippen molar-refractivity contribution in [2.24, 2.45) is 5.73 Å². The lowest BCUT2D eigenvalue weighted by atomic mass is 9.78. The summed E-state index contributed by atoms with van der Waals surface area (Å²) in [6.07, 6.45) is 6.17. The van der Waals surface area contributed by atoms with Crippen molar-refractivity contribution in [2.75, 3.05) is 12.8 Å². The van der Waals surface area contributed by atoms with Gasteiger partial charge in [-0.1, -0.05) is 36.8 Å². The highest BCUT2D eigenvalue weighted by Gasteiger charge is 2.42. The molecule has 1 aliphatic carbocycles. The highest BCUT2D eigenvalue weighted by Crippen LogP contribution is 2.45. The molecule has 0 amide bonds. The van der Waals surface area contributed by atoms with Gasteiger partial charge in [-0.05, 0) is 24.7 Å². The molecule has 3 N–H and O–H groups in total. The molecular formula is C14H22N2S. The monoisotopic (exact) mass is 250 g/mol. The molecule has 0 aliphatic heterocycles. The van der Waals surface area contributed by atoms with Crippen molar-refractivity contribution in [3.05, 3.63) is 35.9 Å². The second-order valence-corrected chi connectivity index (χ2v) is 6.00. The third kappa shape index (κ3) is 2.84. The van der Waals surface area contributed by atoms with Crippen molar-refractivity contribution in [1.29, 1.82) is 0 Å². The summed E-state index contributed by atoms with van der Waals surface area (Å²) in [5.41, 5.74) is 7.27. The highest BCUT2D eigenvalue weighted by molar-refractivity contribution is 8.00. The number of nitrogens with one attached hydrogen (secondary N) is 1. The molecule has 1 fully saturated rings. The lowest BCUT2D eigenvalue weighted by Gasteiger charge is -2.46. The molecule has 1 atom stereocenters. The summed E-state index contributed by atoms with van der Waals surface area (Å²) in [6, 6.07) is 11.0. The van der Waals surface area contributed by atoms with Crippen LogP contribution in [0.3, 0.4) is 0 Å². The lowest BCUT2D eigenvalue weighted by molar-refractivity contribution is 0.272. The molecule has 94 valence electrons. The van der Waals surface area contributed by atoms with Crippen LogP contribution in [-0.4, -0.2) is 23.6 Å².